The molecular weight excluding hydrogens is 330 g/mol. The van der Waals surface area contributed by atoms with Gasteiger partial charge in [-0.1, -0.05) is 35.5 Å². The van der Waals surface area contributed by atoms with Crippen molar-refractivity contribution in [2.45, 2.75) is 62.9 Å². The molecule has 134 valence electrons. The van der Waals surface area contributed by atoms with Crippen LogP contribution in [0.2, 0.25) is 0 Å². The molecule has 1 atom stereocenters. The average molecular weight is 358 g/mol. The first kappa shape index (κ1) is 18.1. The zero-order chi connectivity index (χ0) is 17.6. The molecule has 3 rings (SSSR count). The van der Waals surface area contributed by atoms with Gasteiger partial charge in [0, 0.05) is 13.1 Å². The van der Waals surface area contributed by atoms with E-state index in [0.717, 1.165) is 35.7 Å². The molecule has 0 bridgehead atoms. The fourth-order valence-corrected chi connectivity index (χ4v) is 4.29. The quantitative estimate of drug-likeness (QED) is 0.584. The Kier molecular flexibility index (Phi) is 6.19. The van der Waals surface area contributed by atoms with Gasteiger partial charge in [0.2, 0.25) is 5.91 Å². The maximum Gasteiger partial charge on any atom is 0.233 e. The second-order valence-electron chi connectivity index (χ2n) is 6.54. The second-order valence-corrected chi connectivity index (χ2v) is 7.84. The Morgan fingerprint density at radius 3 is 2.96 bits per heavy atom. The number of imidazole rings is 1. The third kappa shape index (κ3) is 4.46. The molecule has 1 aliphatic rings. The fraction of sp³-hybridized carbons (Fsp3) is 0.500. The van der Waals surface area contributed by atoms with Gasteiger partial charge in [0.1, 0.15) is 0 Å². The first-order valence-corrected chi connectivity index (χ1v) is 10.1. The summed E-state index contributed by atoms with van der Waals surface area (Å²) in [7, 11) is 0. The van der Waals surface area contributed by atoms with Crippen LogP contribution in [0.15, 0.2) is 41.1 Å². The summed E-state index contributed by atoms with van der Waals surface area (Å²) < 4.78 is 2.18. The molecule has 1 heterocycles. The minimum absolute atomic E-state index is 0.0936. The SMILES string of the molecule is CCn1c(S[C@H](C)C(=O)NCCC2=CCCCC2)nc2ccccc21. The van der Waals surface area contributed by atoms with Gasteiger partial charge in [-0.25, -0.2) is 4.98 Å². The molecule has 5 heteroatoms. The van der Waals surface area contributed by atoms with Crippen LogP contribution in [-0.4, -0.2) is 27.3 Å². The number of hydrogen-bond donors (Lipinski definition) is 1. The van der Waals surface area contributed by atoms with Crippen LogP contribution in [0.25, 0.3) is 11.0 Å². The number of benzene rings is 1. The molecule has 1 aromatic heterocycles. The van der Waals surface area contributed by atoms with Crippen molar-refractivity contribution in [2.75, 3.05) is 6.54 Å². The molecule has 0 saturated carbocycles. The normalized spacial score (nSPS) is 15.8. The molecule has 1 amide bonds. The Morgan fingerprint density at radius 1 is 1.36 bits per heavy atom. The number of hydrogen-bond acceptors (Lipinski definition) is 3. The predicted molar refractivity (Wildman–Crippen MR) is 105 cm³/mol. The fourth-order valence-electron chi connectivity index (χ4n) is 3.28. The number of allylic oxidation sites excluding steroid dienone is 1. The summed E-state index contributed by atoms with van der Waals surface area (Å²) in [6.07, 6.45) is 8.32. The molecule has 0 saturated heterocycles. The maximum atomic E-state index is 12.4. The number of rotatable bonds is 7. The number of nitrogens with one attached hydrogen (secondary N) is 1. The van der Waals surface area contributed by atoms with Crippen LogP contribution >= 0.6 is 11.8 Å². The van der Waals surface area contributed by atoms with Gasteiger partial charge in [-0.05, 0) is 58.1 Å². The number of amides is 1. The minimum Gasteiger partial charge on any atom is -0.355 e. The van der Waals surface area contributed by atoms with Crippen molar-refractivity contribution < 1.29 is 4.79 Å². The first-order valence-electron chi connectivity index (χ1n) is 9.26. The van der Waals surface area contributed by atoms with E-state index in [1.54, 1.807) is 0 Å². The molecule has 0 radical (unpaired) electrons. The van der Waals surface area contributed by atoms with Gasteiger partial charge in [0.15, 0.2) is 5.16 Å². The van der Waals surface area contributed by atoms with E-state index >= 15 is 0 Å². The van der Waals surface area contributed by atoms with Gasteiger partial charge in [-0.15, -0.1) is 0 Å². The maximum absolute atomic E-state index is 12.4. The Hall–Kier alpha value is -1.75. The summed E-state index contributed by atoms with van der Waals surface area (Å²) in [5.74, 6) is 0.0936. The molecule has 4 nitrogen and oxygen atoms in total. The summed E-state index contributed by atoms with van der Waals surface area (Å²) in [5, 5.41) is 3.85. The Morgan fingerprint density at radius 2 is 2.20 bits per heavy atom. The van der Waals surface area contributed by atoms with Crippen LogP contribution in [0, 0.1) is 0 Å². The first-order chi connectivity index (χ1) is 12.2. The standard InChI is InChI=1S/C20H27N3OS/c1-3-23-18-12-8-7-11-17(18)22-20(23)25-15(2)19(24)21-14-13-16-9-5-4-6-10-16/h7-9,11-12,15H,3-6,10,13-14H2,1-2H3,(H,21,24)/t15-/m1/s1. The lowest BCUT2D eigenvalue weighted by molar-refractivity contribution is -0.120. The summed E-state index contributed by atoms with van der Waals surface area (Å²) >= 11 is 1.54. The van der Waals surface area contributed by atoms with Gasteiger partial charge in [0.05, 0.1) is 16.3 Å². The monoisotopic (exact) mass is 357 g/mol. The highest BCUT2D eigenvalue weighted by Gasteiger charge is 2.18. The van der Waals surface area contributed by atoms with Crippen molar-refractivity contribution in [3.05, 3.63) is 35.9 Å². The minimum atomic E-state index is -0.151. The van der Waals surface area contributed by atoms with Gasteiger partial charge >= 0.3 is 0 Å². The summed E-state index contributed by atoms with van der Waals surface area (Å²) in [6.45, 7) is 5.66. The number of carbonyl (C=O) groups excluding carboxylic acids is 1. The van der Waals surface area contributed by atoms with Crippen molar-refractivity contribution in [1.29, 1.82) is 0 Å². The largest absolute Gasteiger partial charge is 0.355 e. The smallest absolute Gasteiger partial charge is 0.233 e. The number of aromatic nitrogens is 2. The number of aryl methyl sites for hydroxylation is 1. The highest BCUT2D eigenvalue weighted by Crippen LogP contribution is 2.27. The molecule has 0 spiro atoms. The van der Waals surface area contributed by atoms with E-state index in [2.05, 4.69) is 29.0 Å². The van der Waals surface area contributed by atoms with E-state index in [0.29, 0.717) is 0 Å². The molecule has 0 unspecified atom stereocenters. The van der Waals surface area contributed by atoms with E-state index in [1.807, 2.05) is 25.1 Å². The van der Waals surface area contributed by atoms with Crippen molar-refractivity contribution in [2.24, 2.45) is 0 Å². The highest BCUT2D eigenvalue weighted by molar-refractivity contribution is 8.00. The lowest BCUT2D eigenvalue weighted by atomic mass is 9.97. The molecule has 1 N–H and O–H groups in total. The van der Waals surface area contributed by atoms with Crippen LogP contribution < -0.4 is 5.32 Å². The summed E-state index contributed by atoms with van der Waals surface area (Å²) in [5.41, 5.74) is 3.62. The predicted octanol–water partition coefficient (Wildman–Crippen LogP) is 4.54. The number of nitrogens with zero attached hydrogens (tertiary/aromatic N) is 2. The molecule has 0 fully saturated rings. The van der Waals surface area contributed by atoms with E-state index in [1.165, 1.54) is 43.0 Å². The van der Waals surface area contributed by atoms with Crippen LogP contribution in [-0.2, 0) is 11.3 Å². The molecule has 2 aromatic rings. The Balaban J connectivity index is 1.57. The third-order valence-electron chi connectivity index (χ3n) is 4.72. The molecule has 1 aliphatic carbocycles. The lowest BCUT2D eigenvalue weighted by Crippen LogP contribution is -2.32. The zero-order valence-corrected chi connectivity index (χ0v) is 15.9. The number of carbonyl (C=O) groups is 1. The van der Waals surface area contributed by atoms with Gasteiger partial charge in [-0.3, -0.25) is 4.79 Å². The lowest BCUT2D eigenvalue weighted by Gasteiger charge is -2.15. The van der Waals surface area contributed by atoms with E-state index in [9.17, 15) is 4.79 Å². The Labute approximate surface area is 154 Å². The van der Waals surface area contributed by atoms with Crippen molar-refractivity contribution in [3.63, 3.8) is 0 Å². The topological polar surface area (TPSA) is 46.9 Å². The average Bonchev–Trinajstić information content (AvgIpc) is 2.99. The molecule has 25 heavy (non-hydrogen) atoms. The highest BCUT2D eigenvalue weighted by atomic mass is 32.2. The van der Waals surface area contributed by atoms with Crippen LogP contribution in [0.3, 0.4) is 0 Å². The third-order valence-corrected chi connectivity index (χ3v) is 5.81. The van der Waals surface area contributed by atoms with E-state index in [-0.39, 0.29) is 11.2 Å². The molecular formula is C20H27N3OS. The summed E-state index contributed by atoms with van der Waals surface area (Å²) in [6, 6.07) is 8.13. The zero-order valence-electron chi connectivity index (χ0n) is 15.1. The van der Waals surface area contributed by atoms with Crippen LogP contribution in [0.4, 0.5) is 0 Å². The molecule has 1 aromatic carbocycles. The molecule has 0 aliphatic heterocycles. The number of thioether (sulfide) groups is 1. The van der Waals surface area contributed by atoms with Crippen LogP contribution in [0.1, 0.15) is 46.0 Å². The number of fused-ring (bicyclic) bond motifs is 1. The van der Waals surface area contributed by atoms with E-state index in [4.69, 9.17) is 4.98 Å². The van der Waals surface area contributed by atoms with Crippen LogP contribution in [0.5, 0.6) is 0 Å². The van der Waals surface area contributed by atoms with Gasteiger partial charge in [0.25, 0.3) is 0 Å². The van der Waals surface area contributed by atoms with Gasteiger partial charge < -0.3 is 9.88 Å². The second kappa shape index (κ2) is 8.56. The van der Waals surface area contributed by atoms with Crippen molar-refractivity contribution >= 4 is 28.7 Å². The number of para-hydroxylation sites is 2. The van der Waals surface area contributed by atoms with Gasteiger partial charge in [-0.2, -0.15) is 0 Å². The van der Waals surface area contributed by atoms with E-state index < -0.39 is 0 Å². The summed E-state index contributed by atoms with van der Waals surface area (Å²) in [4.78, 5) is 17.1. The van der Waals surface area contributed by atoms with Crippen molar-refractivity contribution in [1.82, 2.24) is 14.9 Å². The van der Waals surface area contributed by atoms with Crippen molar-refractivity contribution in [3.8, 4) is 0 Å². The Bertz CT molecular complexity index is 765.